The van der Waals surface area contributed by atoms with Gasteiger partial charge in [0.15, 0.2) is 21.8 Å². The molecule has 0 amide bonds. The van der Waals surface area contributed by atoms with Crippen LogP contribution in [0.5, 0.6) is 0 Å². The zero-order valence-corrected chi connectivity index (χ0v) is 15.1. The first-order valence-electron chi connectivity index (χ1n) is 7.10. The number of hydrogen-bond donors (Lipinski definition) is 0. The highest BCUT2D eigenvalue weighted by molar-refractivity contribution is 7.92. The highest BCUT2D eigenvalue weighted by Crippen LogP contribution is 2.32. The molecule has 0 spiro atoms. The fourth-order valence-corrected chi connectivity index (χ4v) is 4.47. The Labute approximate surface area is 150 Å². The second-order valence-electron chi connectivity index (χ2n) is 5.37. The Balaban J connectivity index is 2.52. The molecule has 0 aliphatic carbocycles. The monoisotopic (exact) mass is 388 g/mol. The third kappa shape index (κ3) is 4.56. The standard InChI is InChI=1S/C17H15Cl2FO3S/c1-11(20)16(21)10-24(22,23)17(12-2-6-14(18)7-3-12)13-4-8-15(19)9-5-13/h2-9,11,17H,10H2,1H3. The smallest absolute Gasteiger partial charge is 0.181 e. The van der Waals surface area contributed by atoms with Gasteiger partial charge in [0, 0.05) is 10.0 Å². The molecule has 0 N–H and O–H groups in total. The molecule has 0 saturated heterocycles. The first kappa shape index (κ1) is 18.9. The van der Waals surface area contributed by atoms with E-state index in [4.69, 9.17) is 23.2 Å². The number of carbonyl (C=O) groups is 1. The van der Waals surface area contributed by atoms with Crippen molar-refractivity contribution in [1.82, 2.24) is 0 Å². The lowest BCUT2D eigenvalue weighted by atomic mass is 10.0. The SMILES string of the molecule is CC(F)C(=O)CS(=O)(=O)C(c1ccc(Cl)cc1)c1ccc(Cl)cc1. The minimum Gasteiger partial charge on any atom is -0.295 e. The van der Waals surface area contributed by atoms with Gasteiger partial charge in [-0.25, -0.2) is 12.8 Å². The lowest BCUT2D eigenvalue weighted by Crippen LogP contribution is -2.27. The molecule has 0 saturated carbocycles. The summed E-state index contributed by atoms with van der Waals surface area (Å²) in [5.74, 6) is -1.84. The third-order valence-electron chi connectivity index (χ3n) is 3.49. The molecule has 2 rings (SSSR count). The number of halogens is 3. The quantitative estimate of drug-likeness (QED) is 0.735. The number of rotatable bonds is 6. The molecule has 0 radical (unpaired) electrons. The normalized spacial score (nSPS) is 13.0. The van der Waals surface area contributed by atoms with Crippen LogP contribution in [0.1, 0.15) is 23.3 Å². The number of Topliss-reactive ketones (excluding diaryl/α,β-unsaturated/α-hetero) is 1. The van der Waals surface area contributed by atoms with E-state index < -0.39 is 32.8 Å². The molecular weight excluding hydrogens is 374 g/mol. The molecule has 3 nitrogen and oxygen atoms in total. The Morgan fingerprint density at radius 3 is 1.67 bits per heavy atom. The molecule has 2 aromatic carbocycles. The van der Waals surface area contributed by atoms with Crippen molar-refractivity contribution in [2.24, 2.45) is 0 Å². The summed E-state index contributed by atoms with van der Waals surface area (Å²) in [6.07, 6.45) is -1.84. The summed E-state index contributed by atoms with van der Waals surface area (Å²) in [5.41, 5.74) is 0.891. The van der Waals surface area contributed by atoms with Crippen LogP contribution < -0.4 is 0 Å². The zero-order chi connectivity index (χ0) is 17.9. The summed E-state index contributed by atoms with van der Waals surface area (Å²) in [7, 11) is -3.97. The topological polar surface area (TPSA) is 51.2 Å². The van der Waals surface area contributed by atoms with Crippen LogP contribution in [0.25, 0.3) is 0 Å². The van der Waals surface area contributed by atoms with Crippen molar-refractivity contribution < 1.29 is 17.6 Å². The molecule has 0 heterocycles. The molecule has 2 aromatic rings. The van der Waals surface area contributed by atoms with Gasteiger partial charge in [-0.1, -0.05) is 47.5 Å². The van der Waals surface area contributed by atoms with E-state index in [1.807, 2.05) is 0 Å². The number of sulfone groups is 1. The maximum atomic E-state index is 13.2. The van der Waals surface area contributed by atoms with Gasteiger partial charge in [0.2, 0.25) is 0 Å². The molecule has 7 heteroatoms. The Morgan fingerprint density at radius 2 is 1.33 bits per heavy atom. The van der Waals surface area contributed by atoms with Gasteiger partial charge < -0.3 is 0 Å². The van der Waals surface area contributed by atoms with E-state index in [-0.39, 0.29) is 0 Å². The number of benzene rings is 2. The van der Waals surface area contributed by atoms with Crippen molar-refractivity contribution in [3.05, 3.63) is 69.7 Å². The van der Waals surface area contributed by atoms with Crippen LogP contribution in [0, 0.1) is 0 Å². The second-order valence-corrected chi connectivity index (χ2v) is 8.33. The Hall–Kier alpha value is -1.43. The molecular formula is C17H15Cl2FO3S. The van der Waals surface area contributed by atoms with E-state index in [0.29, 0.717) is 21.2 Å². The van der Waals surface area contributed by atoms with E-state index in [1.54, 1.807) is 48.5 Å². The van der Waals surface area contributed by atoms with Gasteiger partial charge in [-0.05, 0) is 42.3 Å². The van der Waals surface area contributed by atoms with Crippen molar-refractivity contribution >= 4 is 38.8 Å². The molecule has 128 valence electrons. The minimum atomic E-state index is -3.97. The van der Waals surface area contributed by atoms with Gasteiger partial charge in [-0.2, -0.15) is 0 Å². The Morgan fingerprint density at radius 1 is 0.958 bits per heavy atom. The van der Waals surface area contributed by atoms with Crippen molar-refractivity contribution in [1.29, 1.82) is 0 Å². The number of hydrogen-bond acceptors (Lipinski definition) is 3. The van der Waals surface area contributed by atoms with Crippen LogP contribution in [0.4, 0.5) is 4.39 Å². The summed E-state index contributed by atoms with van der Waals surface area (Å²) < 4.78 is 38.7. The average Bonchev–Trinajstić information content (AvgIpc) is 2.50. The predicted octanol–water partition coefficient (Wildman–Crippen LogP) is 4.42. The van der Waals surface area contributed by atoms with Gasteiger partial charge >= 0.3 is 0 Å². The maximum Gasteiger partial charge on any atom is 0.181 e. The van der Waals surface area contributed by atoms with Gasteiger partial charge in [-0.15, -0.1) is 0 Å². The van der Waals surface area contributed by atoms with E-state index in [0.717, 1.165) is 6.92 Å². The summed E-state index contributed by atoms with van der Waals surface area (Å²) in [6.45, 7) is 1.03. The van der Waals surface area contributed by atoms with Gasteiger partial charge in [-0.3, -0.25) is 4.79 Å². The van der Waals surface area contributed by atoms with E-state index in [1.165, 1.54) is 0 Å². The first-order valence-corrected chi connectivity index (χ1v) is 9.57. The van der Waals surface area contributed by atoms with Crippen LogP contribution in [0.3, 0.4) is 0 Å². The molecule has 1 unspecified atom stereocenters. The number of alkyl halides is 1. The molecule has 1 atom stereocenters. The maximum absolute atomic E-state index is 13.2. The highest BCUT2D eigenvalue weighted by atomic mass is 35.5. The molecule has 24 heavy (non-hydrogen) atoms. The Bertz CT molecular complexity index is 770. The van der Waals surface area contributed by atoms with Crippen LogP contribution in [-0.4, -0.2) is 26.1 Å². The fourth-order valence-electron chi connectivity index (χ4n) is 2.28. The lowest BCUT2D eigenvalue weighted by Gasteiger charge is -2.19. The third-order valence-corrected chi connectivity index (χ3v) is 5.95. The van der Waals surface area contributed by atoms with Crippen molar-refractivity contribution in [3.8, 4) is 0 Å². The van der Waals surface area contributed by atoms with E-state index >= 15 is 0 Å². The van der Waals surface area contributed by atoms with Crippen molar-refractivity contribution in [3.63, 3.8) is 0 Å². The van der Waals surface area contributed by atoms with Crippen molar-refractivity contribution in [2.45, 2.75) is 18.3 Å². The Kier molecular flexibility index (Phi) is 6.01. The first-order chi connectivity index (χ1) is 11.2. The fraction of sp³-hybridized carbons (Fsp3) is 0.235. The average molecular weight is 389 g/mol. The van der Waals surface area contributed by atoms with E-state index in [2.05, 4.69) is 0 Å². The number of ketones is 1. The van der Waals surface area contributed by atoms with E-state index in [9.17, 15) is 17.6 Å². The molecule has 0 aliphatic rings. The highest BCUT2D eigenvalue weighted by Gasteiger charge is 2.32. The molecule has 0 bridgehead atoms. The van der Waals surface area contributed by atoms with Crippen molar-refractivity contribution in [2.75, 3.05) is 5.75 Å². The van der Waals surface area contributed by atoms with Crippen LogP contribution >= 0.6 is 23.2 Å². The number of carbonyl (C=O) groups excluding carboxylic acids is 1. The molecule has 0 aromatic heterocycles. The lowest BCUT2D eigenvalue weighted by molar-refractivity contribution is -0.120. The summed E-state index contributed by atoms with van der Waals surface area (Å²) in [5, 5.41) is -0.186. The van der Waals surface area contributed by atoms with Crippen LogP contribution in [0.2, 0.25) is 10.0 Å². The second kappa shape index (κ2) is 7.64. The molecule has 0 aliphatic heterocycles. The van der Waals surface area contributed by atoms with Gasteiger partial charge in [0.25, 0.3) is 0 Å². The summed E-state index contributed by atoms with van der Waals surface area (Å²) >= 11 is 11.7. The minimum absolute atomic E-state index is 0.445. The van der Waals surface area contributed by atoms with Gasteiger partial charge in [0.1, 0.15) is 11.0 Å². The predicted molar refractivity (Wildman–Crippen MR) is 94.1 cm³/mol. The zero-order valence-electron chi connectivity index (χ0n) is 12.7. The summed E-state index contributed by atoms with van der Waals surface area (Å²) in [4.78, 5) is 11.6. The van der Waals surface area contributed by atoms with Crippen LogP contribution in [-0.2, 0) is 14.6 Å². The summed E-state index contributed by atoms with van der Waals surface area (Å²) in [6, 6.07) is 12.5. The van der Waals surface area contributed by atoms with Crippen LogP contribution in [0.15, 0.2) is 48.5 Å². The molecule has 0 fully saturated rings. The van der Waals surface area contributed by atoms with Gasteiger partial charge in [0.05, 0.1) is 0 Å². The largest absolute Gasteiger partial charge is 0.295 e.